The van der Waals surface area contributed by atoms with Crippen molar-refractivity contribution in [1.82, 2.24) is 4.90 Å². The molecule has 0 saturated heterocycles. The van der Waals surface area contributed by atoms with Crippen molar-refractivity contribution in [3.05, 3.63) is 23.7 Å². The van der Waals surface area contributed by atoms with E-state index >= 15 is 0 Å². The quantitative estimate of drug-likeness (QED) is 0.830. The Kier molecular flexibility index (Phi) is 3.66. The van der Waals surface area contributed by atoms with Crippen LogP contribution in [-0.2, 0) is 6.54 Å². The molecule has 0 amide bonds. The van der Waals surface area contributed by atoms with Crippen LogP contribution in [-0.4, -0.2) is 24.5 Å². The highest BCUT2D eigenvalue weighted by Crippen LogP contribution is 2.31. The Morgan fingerprint density at radius 2 is 2.25 bits per heavy atom. The minimum atomic E-state index is 0.513. The molecular weight excluding hydrogens is 200 g/mol. The molecule has 0 radical (unpaired) electrons. The molecule has 1 unspecified atom stereocenters. The zero-order chi connectivity index (χ0) is 11.5. The molecule has 1 aromatic heterocycles. The smallest absolute Gasteiger partial charge is 0.118 e. The van der Waals surface area contributed by atoms with Gasteiger partial charge in [0.2, 0.25) is 0 Å². The van der Waals surface area contributed by atoms with E-state index in [0.717, 1.165) is 30.5 Å². The highest BCUT2D eigenvalue weighted by molar-refractivity contribution is 5.05. The normalized spacial score (nSPS) is 18.8. The van der Waals surface area contributed by atoms with Crippen molar-refractivity contribution in [2.45, 2.75) is 38.8 Å². The third-order valence-corrected chi connectivity index (χ3v) is 3.70. The Morgan fingerprint density at radius 3 is 2.69 bits per heavy atom. The summed E-state index contributed by atoms with van der Waals surface area (Å²) in [6.07, 6.45) is 4.04. The van der Waals surface area contributed by atoms with E-state index in [4.69, 9.17) is 10.2 Å². The number of rotatable bonds is 5. The number of aryl methyl sites for hydroxylation is 1. The van der Waals surface area contributed by atoms with E-state index in [9.17, 15) is 0 Å². The van der Waals surface area contributed by atoms with Gasteiger partial charge in [0.15, 0.2) is 0 Å². The van der Waals surface area contributed by atoms with Crippen molar-refractivity contribution in [2.24, 2.45) is 11.7 Å². The Labute approximate surface area is 97.6 Å². The molecule has 2 N–H and O–H groups in total. The first kappa shape index (κ1) is 11.7. The fourth-order valence-corrected chi connectivity index (χ4v) is 2.49. The number of likely N-dealkylation sites (N-methyl/N-ethyl adjacent to an activating group) is 1. The number of hydrogen-bond acceptors (Lipinski definition) is 3. The molecule has 3 nitrogen and oxygen atoms in total. The summed E-state index contributed by atoms with van der Waals surface area (Å²) in [7, 11) is 2.15. The van der Waals surface area contributed by atoms with E-state index in [1.54, 1.807) is 0 Å². The van der Waals surface area contributed by atoms with Gasteiger partial charge in [0, 0.05) is 12.6 Å². The first-order valence-corrected chi connectivity index (χ1v) is 6.16. The second kappa shape index (κ2) is 5.02. The fraction of sp³-hybridized carbons (Fsp3) is 0.692. The van der Waals surface area contributed by atoms with Crippen LogP contribution in [0.25, 0.3) is 0 Å². The first-order chi connectivity index (χ1) is 7.70. The molecule has 1 aliphatic carbocycles. The summed E-state index contributed by atoms with van der Waals surface area (Å²) in [6.45, 7) is 3.60. The molecule has 0 aromatic carbocycles. The minimum absolute atomic E-state index is 0.513. The van der Waals surface area contributed by atoms with E-state index in [1.165, 1.54) is 19.3 Å². The van der Waals surface area contributed by atoms with Crippen molar-refractivity contribution < 1.29 is 4.42 Å². The lowest BCUT2D eigenvalue weighted by Gasteiger charge is -2.38. The monoisotopic (exact) mass is 222 g/mol. The van der Waals surface area contributed by atoms with Gasteiger partial charge >= 0.3 is 0 Å². The van der Waals surface area contributed by atoms with E-state index in [2.05, 4.69) is 18.0 Å². The van der Waals surface area contributed by atoms with Crippen molar-refractivity contribution in [1.29, 1.82) is 0 Å². The van der Waals surface area contributed by atoms with Crippen molar-refractivity contribution >= 4 is 0 Å². The van der Waals surface area contributed by atoms with Gasteiger partial charge in [0.1, 0.15) is 11.5 Å². The van der Waals surface area contributed by atoms with Crippen LogP contribution in [0.2, 0.25) is 0 Å². The topological polar surface area (TPSA) is 42.4 Å². The van der Waals surface area contributed by atoms with Gasteiger partial charge in [-0.25, -0.2) is 0 Å². The van der Waals surface area contributed by atoms with Gasteiger partial charge in [0.25, 0.3) is 0 Å². The van der Waals surface area contributed by atoms with E-state index < -0.39 is 0 Å². The Balaban J connectivity index is 1.92. The second-order valence-corrected chi connectivity index (χ2v) is 4.92. The summed E-state index contributed by atoms with van der Waals surface area (Å²) < 4.78 is 5.60. The summed E-state index contributed by atoms with van der Waals surface area (Å²) in [4.78, 5) is 2.34. The predicted molar refractivity (Wildman–Crippen MR) is 65.1 cm³/mol. The molecule has 1 aromatic rings. The lowest BCUT2D eigenvalue weighted by Crippen LogP contribution is -2.45. The molecule has 90 valence electrons. The fourth-order valence-electron chi connectivity index (χ4n) is 2.49. The molecule has 1 fully saturated rings. The summed E-state index contributed by atoms with van der Waals surface area (Å²) in [5, 5.41) is 0. The molecule has 1 aliphatic rings. The standard InChI is InChI=1S/C13H22N2O/c1-10-6-7-12(16-10)9-15(2)13(8-14)11-4-3-5-11/h6-7,11,13H,3-5,8-9,14H2,1-2H3. The maximum Gasteiger partial charge on any atom is 0.118 e. The summed E-state index contributed by atoms with van der Waals surface area (Å²) in [5.41, 5.74) is 5.87. The zero-order valence-electron chi connectivity index (χ0n) is 10.3. The van der Waals surface area contributed by atoms with Gasteiger partial charge in [0.05, 0.1) is 6.54 Å². The molecule has 2 rings (SSSR count). The first-order valence-electron chi connectivity index (χ1n) is 6.16. The largest absolute Gasteiger partial charge is 0.465 e. The Morgan fingerprint density at radius 1 is 1.50 bits per heavy atom. The van der Waals surface area contributed by atoms with Gasteiger partial charge in [-0.2, -0.15) is 0 Å². The third kappa shape index (κ3) is 2.47. The molecule has 0 aliphatic heterocycles. The van der Waals surface area contributed by atoms with Crippen LogP contribution in [0.4, 0.5) is 0 Å². The van der Waals surface area contributed by atoms with Crippen molar-refractivity contribution in [3.8, 4) is 0 Å². The van der Waals surface area contributed by atoms with E-state index in [1.807, 2.05) is 13.0 Å². The lowest BCUT2D eigenvalue weighted by atomic mass is 9.79. The molecule has 16 heavy (non-hydrogen) atoms. The molecule has 3 heteroatoms. The van der Waals surface area contributed by atoms with Gasteiger partial charge in [-0.1, -0.05) is 6.42 Å². The molecule has 1 saturated carbocycles. The van der Waals surface area contributed by atoms with Crippen LogP contribution in [0.3, 0.4) is 0 Å². The predicted octanol–water partition coefficient (Wildman–Crippen LogP) is 2.15. The zero-order valence-corrected chi connectivity index (χ0v) is 10.3. The molecule has 0 bridgehead atoms. The average Bonchev–Trinajstić information content (AvgIpc) is 2.56. The van der Waals surface area contributed by atoms with Crippen LogP contribution in [0, 0.1) is 12.8 Å². The van der Waals surface area contributed by atoms with Crippen LogP contribution >= 0.6 is 0 Å². The number of nitrogens with two attached hydrogens (primary N) is 1. The SMILES string of the molecule is Cc1ccc(CN(C)C(CN)C2CCC2)o1. The number of hydrogen-bond donors (Lipinski definition) is 1. The highest BCUT2D eigenvalue weighted by atomic mass is 16.3. The Bertz CT molecular complexity index is 330. The Hall–Kier alpha value is -0.800. The van der Waals surface area contributed by atoms with Crippen LogP contribution in [0.5, 0.6) is 0 Å². The van der Waals surface area contributed by atoms with Crippen LogP contribution in [0.1, 0.15) is 30.8 Å². The van der Waals surface area contributed by atoms with Crippen molar-refractivity contribution in [3.63, 3.8) is 0 Å². The summed E-state index contributed by atoms with van der Waals surface area (Å²) in [5.74, 6) is 2.82. The highest BCUT2D eigenvalue weighted by Gasteiger charge is 2.29. The minimum Gasteiger partial charge on any atom is -0.465 e. The second-order valence-electron chi connectivity index (χ2n) is 4.92. The third-order valence-electron chi connectivity index (χ3n) is 3.70. The molecule has 1 heterocycles. The number of furan rings is 1. The average molecular weight is 222 g/mol. The van der Waals surface area contributed by atoms with E-state index in [-0.39, 0.29) is 0 Å². The van der Waals surface area contributed by atoms with Gasteiger partial charge in [-0.05, 0) is 44.9 Å². The van der Waals surface area contributed by atoms with Gasteiger partial charge in [-0.15, -0.1) is 0 Å². The summed E-state index contributed by atoms with van der Waals surface area (Å²) >= 11 is 0. The lowest BCUT2D eigenvalue weighted by molar-refractivity contribution is 0.112. The molecule has 1 atom stereocenters. The van der Waals surface area contributed by atoms with Crippen LogP contribution < -0.4 is 5.73 Å². The molecule has 0 spiro atoms. The summed E-state index contributed by atoms with van der Waals surface area (Å²) in [6, 6.07) is 4.59. The molecular formula is C13H22N2O. The number of nitrogens with zero attached hydrogens (tertiary/aromatic N) is 1. The van der Waals surface area contributed by atoms with Gasteiger partial charge < -0.3 is 10.2 Å². The van der Waals surface area contributed by atoms with E-state index in [0.29, 0.717) is 6.04 Å². The van der Waals surface area contributed by atoms with Crippen molar-refractivity contribution in [2.75, 3.05) is 13.6 Å². The van der Waals surface area contributed by atoms with Crippen LogP contribution in [0.15, 0.2) is 16.5 Å². The maximum absolute atomic E-state index is 5.87. The maximum atomic E-state index is 5.87. The van der Waals surface area contributed by atoms with Gasteiger partial charge in [-0.3, -0.25) is 4.90 Å².